The van der Waals surface area contributed by atoms with Gasteiger partial charge in [-0.25, -0.2) is 0 Å². The van der Waals surface area contributed by atoms with Gasteiger partial charge in [0.1, 0.15) is 0 Å². The Hall–Kier alpha value is -0.230. The molecule has 0 radical (unpaired) electrons. The molecular formula is C11H13I. The molecule has 0 spiro atoms. The molecule has 64 valence electrons. The molecule has 0 aromatic rings. The van der Waals surface area contributed by atoms with E-state index in [-0.39, 0.29) is 0 Å². The Morgan fingerprint density at radius 3 is 2.67 bits per heavy atom. The molecule has 0 aromatic carbocycles. The molecule has 0 atom stereocenters. The van der Waals surface area contributed by atoms with Crippen LogP contribution in [0.3, 0.4) is 0 Å². The van der Waals surface area contributed by atoms with Crippen LogP contribution in [0.2, 0.25) is 0 Å². The normalized spacial score (nSPS) is 16.8. The summed E-state index contributed by atoms with van der Waals surface area (Å²) in [5.74, 6) is 3.17. The van der Waals surface area contributed by atoms with Crippen LogP contribution < -0.4 is 0 Å². The van der Waals surface area contributed by atoms with Gasteiger partial charge in [0, 0.05) is 28.2 Å². The zero-order chi connectivity index (χ0) is 8.97. The first-order valence-electron chi connectivity index (χ1n) is 4.25. The van der Waals surface area contributed by atoms with Crippen molar-refractivity contribution >= 4 is 22.6 Å². The highest BCUT2D eigenvalue weighted by Crippen LogP contribution is 2.28. The summed E-state index contributed by atoms with van der Waals surface area (Å²) >= 11 is 2.10. The van der Waals surface area contributed by atoms with Gasteiger partial charge < -0.3 is 0 Å². The third kappa shape index (κ3) is 2.38. The maximum atomic E-state index is 3.98. The zero-order valence-corrected chi connectivity index (χ0v) is 9.57. The van der Waals surface area contributed by atoms with E-state index in [1.807, 2.05) is 0 Å². The smallest absolute Gasteiger partial charge is 0.0185 e. The lowest BCUT2D eigenvalue weighted by Crippen LogP contribution is -1.98. The van der Waals surface area contributed by atoms with Crippen molar-refractivity contribution in [1.29, 1.82) is 0 Å². The van der Waals surface area contributed by atoms with Crippen molar-refractivity contribution in [2.75, 3.05) is 0 Å². The number of halogens is 1. The third-order valence-corrected chi connectivity index (χ3v) is 2.45. The second kappa shape index (κ2) is 4.71. The van der Waals surface area contributed by atoms with Gasteiger partial charge in [0.15, 0.2) is 0 Å². The van der Waals surface area contributed by atoms with Crippen molar-refractivity contribution in [1.82, 2.24) is 0 Å². The van der Waals surface area contributed by atoms with Gasteiger partial charge in [-0.05, 0) is 42.1 Å². The SMILES string of the molecule is C=C(C)C1=C(C#CI)CCCC1. The molecule has 0 unspecified atom stereocenters. The number of allylic oxidation sites excluding steroid dienone is 3. The lowest BCUT2D eigenvalue weighted by molar-refractivity contribution is 0.691. The van der Waals surface area contributed by atoms with Gasteiger partial charge in [-0.3, -0.25) is 0 Å². The zero-order valence-electron chi connectivity index (χ0n) is 7.41. The van der Waals surface area contributed by atoms with E-state index in [0.717, 1.165) is 6.42 Å². The highest BCUT2D eigenvalue weighted by atomic mass is 127. The molecule has 0 aromatic heterocycles. The van der Waals surface area contributed by atoms with Crippen molar-refractivity contribution in [2.24, 2.45) is 0 Å². The van der Waals surface area contributed by atoms with Gasteiger partial charge in [-0.15, -0.1) is 0 Å². The largest absolute Gasteiger partial charge is 0.0958 e. The molecular weight excluding hydrogens is 259 g/mol. The van der Waals surface area contributed by atoms with Gasteiger partial charge in [0.2, 0.25) is 0 Å². The molecule has 0 aliphatic heterocycles. The Labute approximate surface area is 88.3 Å². The second-order valence-corrected chi connectivity index (χ2v) is 3.70. The molecule has 0 heterocycles. The lowest BCUT2D eigenvalue weighted by atomic mass is 9.89. The highest BCUT2D eigenvalue weighted by Gasteiger charge is 2.10. The molecule has 0 saturated carbocycles. The molecule has 0 saturated heterocycles. The second-order valence-electron chi connectivity index (χ2n) is 3.16. The summed E-state index contributed by atoms with van der Waals surface area (Å²) in [5, 5.41) is 0. The van der Waals surface area contributed by atoms with E-state index < -0.39 is 0 Å². The first-order valence-corrected chi connectivity index (χ1v) is 5.33. The average molecular weight is 272 g/mol. The molecule has 0 nitrogen and oxygen atoms in total. The summed E-state index contributed by atoms with van der Waals surface area (Å²) < 4.78 is 2.94. The lowest BCUT2D eigenvalue weighted by Gasteiger charge is -2.16. The summed E-state index contributed by atoms with van der Waals surface area (Å²) in [4.78, 5) is 0. The number of hydrogen-bond donors (Lipinski definition) is 0. The fourth-order valence-corrected chi connectivity index (χ4v) is 1.90. The van der Waals surface area contributed by atoms with E-state index >= 15 is 0 Å². The van der Waals surface area contributed by atoms with Crippen LogP contribution in [0.4, 0.5) is 0 Å². The minimum atomic E-state index is 1.15. The molecule has 12 heavy (non-hydrogen) atoms. The summed E-state index contributed by atoms with van der Waals surface area (Å²) in [6.07, 6.45) is 4.92. The first kappa shape index (κ1) is 9.85. The average Bonchev–Trinajstić information content (AvgIpc) is 2.05. The predicted octanol–water partition coefficient (Wildman–Crippen LogP) is 3.83. The summed E-state index contributed by atoms with van der Waals surface area (Å²) in [6.45, 7) is 6.06. The van der Waals surface area contributed by atoms with Crippen LogP contribution >= 0.6 is 22.6 Å². The fourth-order valence-electron chi connectivity index (χ4n) is 1.57. The Balaban J connectivity index is 2.96. The first-order chi connectivity index (χ1) is 5.75. The van der Waals surface area contributed by atoms with Crippen molar-refractivity contribution in [3.8, 4) is 9.85 Å². The van der Waals surface area contributed by atoms with Crippen LogP contribution in [0.5, 0.6) is 0 Å². The van der Waals surface area contributed by atoms with Crippen molar-refractivity contribution in [3.05, 3.63) is 23.3 Å². The van der Waals surface area contributed by atoms with Crippen LogP contribution in [0.15, 0.2) is 23.3 Å². The van der Waals surface area contributed by atoms with E-state index in [0.29, 0.717) is 0 Å². The maximum absolute atomic E-state index is 3.98. The summed E-state index contributed by atoms with van der Waals surface area (Å²) in [6, 6.07) is 0. The van der Waals surface area contributed by atoms with Crippen molar-refractivity contribution in [3.63, 3.8) is 0 Å². The number of hydrogen-bond acceptors (Lipinski definition) is 0. The van der Waals surface area contributed by atoms with Gasteiger partial charge in [-0.2, -0.15) is 0 Å². The standard InChI is InChI=1S/C11H13I/c1-9(2)11-6-4-3-5-10(11)7-8-12/h1,3-6H2,2H3. The topological polar surface area (TPSA) is 0 Å². The van der Waals surface area contributed by atoms with Crippen LogP contribution in [0.1, 0.15) is 32.6 Å². The predicted molar refractivity (Wildman–Crippen MR) is 62.1 cm³/mol. The van der Waals surface area contributed by atoms with E-state index in [9.17, 15) is 0 Å². The third-order valence-electron chi connectivity index (χ3n) is 2.18. The molecule has 1 aliphatic carbocycles. The summed E-state index contributed by atoms with van der Waals surface area (Å²) in [7, 11) is 0. The van der Waals surface area contributed by atoms with E-state index in [4.69, 9.17) is 0 Å². The van der Waals surface area contributed by atoms with E-state index in [1.54, 1.807) is 0 Å². The Bertz CT molecular complexity index is 273. The van der Waals surface area contributed by atoms with Crippen LogP contribution in [0.25, 0.3) is 0 Å². The monoisotopic (exact) mass is 272 g/mol. The van der Waals surface area contributed by atoms with Gasteiger partial charge in [0.05, 0.1) is 0 Å². The molecule has 0 fully saturated rings. The molecule has 0 N–H and O–H groups in total. The Morgan fingerprint density at radius 1 is 1.42 bits per heavy atom. The van der Waals surface area contributed by atoms with Crippen LogP contribution in [-0.4, -0.2) is 0 Å². The molecule has 0 amide bonds. The van der Waals surface area contributed by atoms with Gasteiger partial charge >= 0.3 is 0 Å². The molecule has 1 heteroatoms. The van der Waals surface area contributed by atoms with Gasteiger partial charge in [-0.1, -0.05) is 18.1 Å². The van der Waals surface area contributed by atoms with E-state index in [2.05, 4.69) is 45.9 Å². The number of rotatable bonds is 1. The molecule has 1 rings (SSSR count). The van der Waals surface area contributed by atoms with Crippen LogP contribution in [0, 0.1) is 9.85 Å². The summed E-state index contributed by atoms with van der Waals surface area (Å²) in [5.41, 5.74) is 3.93. The Morgan fingerprint density at radius 2 is 2.08 bits per heavy atom. The van der Waals surface area contributed by atoms with Crippen molar-refractivity contribution in [2.45, 2.75) is 32.6 Å². The minimum Gasteiger partial charge on any atom is -0.0958 e. The highest BCUT2D eigenvalue weighted by molar-refractivity contribution is 14.1. The van der Waals surface area contributed by atoms with Crippen LogP contribution in [-0.2, 0) is 0 Å². The van der Waals surface area contributed by atoms with E-state index in [1.165, 1.54) is 36.0 Å². The maximum Gasteiger partial charge on any atom is 0.0185 e. The quantitative estimate of drug-likeness (QED) is 0.502. The molecule has 1 aliphatic rings. The molecule has 0 bridgehead atoms. The van der Waals surface area contributed by atoms with Gasteiger partial charge in [0.25, 0.3) is 0 Å². The minimum absolute atomic E-state index is 1.15. The van der Waals surface area contributed by atoms with Crippen molar-refractivity contribution < 1.29 is 0 Å². The Kier molecular flexibility index (Phi) is 3.87. The fraction of sp³-hybridized carbons (Fsp3) is 0.455.